The molecule has 0 saturated carbocycles. The van der Waals surface area contributed by atoms with E-state index in [4.69, 9.17) is 0 Å². The summed E-state index contributed by atoms with van der Waals surface area (Å²) in [5, 5.41) is 23.5. The molecule has 0 aliphatic heterocycles. The van der Waals surface area contributed by atoms with E-state index in [-0.39, 0.29) is 24.8 Å². The van der Waals surface area contributed by atoms with Crippen LogP contribution in [0.25, 0.3) is 0 Å². The minimum Gasteiger partial charge on any atom is -1.00 e. The molecule has 18 heavy (non-hydrogen) atoms. The van der Waals surface area contributed by atoms with E-state index in [9.17, 15) is 10.2 Å². The number of quaternary nitrogens is 2. The monoisotopic (exact) mass is 304 g/mol. The normalized spacial score (nSPS) is 13.3. The number of rotatable bonds is 11. The first-order chi connectivity index (χ1) is 7.72. The molecule has 0 bridgehead atoms. The molecule has 0 radical (unpaired) electrons. The summed E-state index contributed by atoms with van der Waals surface area (Å²) in [6, 6.07) is 0. The van der Waals surface area contributed by atoms with Gasteiger partial charge in [0.15, 0.2) is 0 Å². The van der Waals surface area contributed by atoms with Crippen LogP contribution in [-0.2, 0) is 0 Å². The molecule has 0 heterocycles. The highest BCUT2D eigenvalue weighted by Gasteiger charge is 2.18. The molecule has 0 fully saturated rings. The lowest BCUT2D eigenvalue weighted by Crippen LogP contribution is -3.00. The third-order valence-electron chi connectivity index (χ3n) is 2.78. The molecule has 0 spiro atoms. The molecule has 4 nitrogen and oxygen atoms in total. The molecule has 0 aliphatic carbocycles. The van der Waals surface area contributed by atoms with Crippen molar-refractivity contribution in [2.75, 3.05) is 26.2 Å². The van der Waals surface area contributed by atoms with E-state index in [1.54, 1.807) is 0 Å². The lowest BCUT2D eigenvalue weighted by Gasteiger charge is -2.15. The number of aliphatic hydroxyl groups is 2. The van der Waals surface area contributed by atoms with Crippen molar-refractivity contribution in [2.24, 2.45) is 0 Å². The SMILES string of the molecule is CCCC[NH2+]CC(O)C(O)C[NH2+]CCCC.[Cl-].[Cl-]. The minimum atomic E-state index is -0.588. The van der Waals surface area contributed by atoms with Crippen molar-refractivity contribution in [1.29, 1.82) is 0 Å². The van der Waals surface area contributed by atoms with Crippen LogP contribution in [0.5, 0.6) is 0 Å². The number of hydrogen-bond acceptors (Lipinski definition) is 2. The third-order valence-corrected chi connectivity index (χ3v) is 2.78. The van der Waals surface area contributed by atoms with Gasteiger partial charge >= 0.3 is 0 Å². The van der Waals surface area contributed by atoms with Gasteiger partial charge in [-0.05, 0) is 12.8 Å². The van der Waals surface area contributed by atoms with Crippen molar-refractivity contribution in [1.82, 2.24) is 0 Å². The Kier molecular flexibility index (Phi) is 22.8. The predicted octanol–water partition coefficient (Wildman–Crippen LogP) is -7.56. The summed E-state index contributed by atoms with van der Waals surface area (Å²) in [4.78, 5) is 0. The van der Waals surface area contributed by atoms with Gasteiger partial charge < -0.3 is 45.7 Å². The highest BCUT2D eigenvalue weighted by molar-refractivity contribution is 4.62. The maximum atomic E-state index is 9.67. The molecule has 114 valence electrons. The molecule has 0 aromatic carbocycles. The molecule has 0 aliphatic rings. The zero-order chi connectivity index (χ0) is 12.2. The fourth-order valence-electron chi connectivity index (χ4n) is 1.59. The molecule has 0 rings (SSSR count). The van der Waals surface area contributed by atoms with Crippen molar-refractivity contribution < 1.29 is 45.7 Å². The maximum Gasteiger partial charge on any atom is 0.134 e. The van der Waals surface area contributed by atoms with Crippen molar-refractivity contribution in [3.8, 4) is 0 Å². The molecule has 0 aromatic heterocycles. The fraction of sp³-hybridized carbons (Fsp3) is 1.00. The Balaban J connectivity index is -0.00000112. The van der Waals surface area contributed by atoms with Crippen LogP contribution in [-0.4, -0.2) is 48.6 Å². The van der Waals surface area contributed by atoms with Crippen LogP contribution >= 0.6 is 0 Å². The molecule has 0 aromatic rings. The summed E-state index contributed by atoms with van der Waals surface area (Å²) < 4.78 is 0. The van der Waals surface area contributed by atoms with Crippen molar-refractivity contribution in [3.63, 3.8) is 0 Å². The Bertz CT molecular complexity index is 138. The second kappa shape index (κ2) is 17.4. The van der Waals surface area contributed by atoms with E-state index in [1.165, 1.54) is 25.7 Å². The number of hydrogen-bond donors (Lipinski definition) is 4. The predicted molar refractivity (Wildman–Crippen MR) is 65.1 cm³/mol. The first-order valence-electron chi connectivity index (χ1n) is 6.71. The molecular formula is C12H30Cl2N2O2. The molecule has 0 amide bonds. The van der Waals surface area contributed by atoms with E-state index in [1.807, 2.05) is 0 Å². The summed E-state index contributed by atoms with van der Waals surface area (Å²) in [6.07, 6.45) is 3.53. The Morgan fingerprint density at radius 2 is 1.11 bits per heavy atom. The van der Waals surface area contributed by atoms with Gasteiger partial charge in [0.25, 0.3) is 0 Å². The zero-order valence-corrected chi connectivity index (χ0v) is 13.1. The van der Waals surface area contributed by atoms with Gasteiger partial charge in [-0.25, -0.2) is 0 Å². The largest absolute Gasteiger partial charge is 1.00 e. The smallest absolute Gasteiger partial charge is 0.134 e. The maximum absolute atomic E-state index is 9.67. The lowest BCUT2D eigenvalue weighted by molar-refractivity contribution is -0.675. The average molecular weight is 305 g/mol. The van der Waals surface area contributed by atoms with Crippen LogP contribution in [0.4, 0.5) is 0 Å². The van der Waals surface area contributed by atoms with E-state index in [2.05, 4.69) is 24.5 Å². The first kappa shape index (κ1) is 23.5. The van der Waals surface area contributed by atoms with Crippen LogP contribution in [0.2, 0.25) is 0 Å². The van der Waals surface area contributed by atoms with Crippen LogP contribution in [0.1, 0.15) is 39.5 Å². The minimum absolute atomic E-state index is 0. The molecule has 6 heteroatoms. The highest BCUT2D eigenvalue weighted by atomic mass is 35.5. The van der Waals surface area contributed by atoms with Gasteiger partial charge in [0.1, 0.15) is 25.3 Å². The molecule has 2 unspecified atom stereocenters. The Morgan fingerprint density at radius 3 is 1.39 bits per heavy atom. The van der Waals surface area contributed by atoms with Crippen molar-refractivity contribution in [3.05, 3.63) is 0 Å². The van der Waals surface area contributed by atoms with E-state index >= 15 is 0 Å². The molecule has 2 atom stereocenters. The van der Waals surface area contributed by atoms with Gasteiger partial charge in [0.2, 0.25) is 0 Å². The van der Waals surface area contributed by atoms with Gasteiger partial charge in [-0.1, -0.05) is 26.7 Å². The fourth-order valence-corrected chi connectivity index (χ4v) is 1.59. The summed E-state index contributed by atoms with van der Waals surface area (Å²) in [7, 11) is 0. The van der Waals surface area contributed by atoms with Crippen LogP contribution in [0.15, 0.2) is 0 Å². The molecular weight excluding hydrogens is 275 g/mol. The van der Waals surface area contributed by atoms with Crippen LogP contribution in [0.3, 0.4) is 0 Å². The Morgan fingerprint density at radius 1 is 0.778 bits per heavy atom. The van der Waals surface area contributed by atoms with Crippen LogP contribution in [0, 0.1) is 0 Å². The highest BCUT2D eigenvalue weighted by Crippen LogP contribution is 1.87. The lowest BCUT2D eigenvalue weighted by atomic mass is 10.2. The van der Waals surface area contributed by atoms with E-state index in [0.717, 1.165) is 13.1 Å². The standard InChI is InChI=1S/C12H28N2O2.2ClH/c1-3-5-7-13-9-11(15)12(16)10-14-8-6-4-2;;/h11-16H,3-10H2,1-2H3;2*1H. The number of halogens is 2. The van der Waals surface area contributed by atoms with Gasteiger partial charge in [-0.3, -0.25) is 0 Å². The van der Waals surface area contributed by atoms with Gasteiger partial charge in [0, 0.05) is 0 Å². The summed E-state index contributed by atoms with van der Waals surface area (Å²) >= 11 is 0. The quantitative estimate of drug-likeness (QED) is 0.286. The molecule has 0 saturated heterocycles. The van der Waals surface area contributed by atoms with E-state index < -0.39 is 12.2 Å². The zero-order valence-electron chi connectivity index (χ0n) is 11.6. The summed E-state index contributed by atoms with van der Waals surface area (Å²) in [5.74, 6) is 0. The van der Waals surface area contributed by atoms with Gasteiger partial charge in [-0.15, -0.1) is 0 Å². The van der Waals surface area contributed by atoms with Crippen LogP contribution < -0.4 is 35.4 Å². The van der Waals surface area contributed by atoms with Gasteiger partial charge in [-0.2, -0.15) is 0 Å². The summed E-state index contributed by atoms with van der Waals surface area (Å²) in [5.41, 5.74) is 0. The Hall–Kier alpha value is 0.420. The number of unbranched alkanes of at least 4 members (excludes halogenated alkanes) is 2. The van der Waals surface area contributed by atoms with Crippen molar-refractivity contribution >= 4 is 0 Å². The van der Waals surface area contributed by atoms with Gasteiger partial charge in [0.05, 0.1) is 13.1 Å². The molecule has 6 N–H and O–H groups in total. The van der Waals surface area contributed by atoms with E-state index in [0.29, 0.717) is 13.1 Å². The topological polar surface area (TPSA) is 73.7 Å². The number of nitrogens with two attached hydrogens (primary N) is 2. The first-order valence-corrected chi connectivity index (χ1v) is 6.71. The Labute approximate surface area is 124 Å². The third kappa shape index (κ3) is 14.5. The number of aliphatic hydroxyl groups excluding tert-OH is 2. The second-order valence-corrected chi connectivity index (χ2v) is 4.47. The summed E-state index contributed by atoms with van der Waals surface area (Å²) in [6.45, 7) is 7.62. The second-order valence-electron chi connectivity index (χ2n) is 4.47. The average Bonchev–Trinajstić information content (AvgIpc) is 2.29. The van der Waals surface area contributed by atoms with Crippen molar-refractivity contribution in [2.45, 2.75) is 51.7 Å².